The van der Waals surface area contributed by atoms with Gasteiger partial charge in [-0.3, -0.25) is 9.59 Å². The first-order valence-electron chi connectivity index (χ1n) is 7.24. The molecule has 2 rings (SSSR count). The molecule has 1 amide bonds. The van der Waals surface area contributed by atoms with E-state index < -0.39 is 0 Å². The summed E-state index contributed by atoms with van der Waals surface area (Å²) >= 11 is 0. The van der Waals surface area contributed by atoms with Gasteiger partial charge in [-0.05, 0) is 37.5 Å². The lowest BCUT2D eigenvalue weighted by atomic mass is 9.96. The number of amides is 1. The highest BCUT2D eigenvalue weighted by Crippen LogP contribution is 2.47. The highest BCUT2D eigenvalue weighted by atomic mass is 19.1. The molecule has 0 aromatic heterocycles. The Morgan fingerprint density at radius 3 is 2.48 bits per heavy atom. The fourth-order valence-corrected chi connectivity index (χ4v) is 2.33. The zero-order valence-corrected chi connectivity index (χ0v) is 12.2. The van der Waals surface area contributed by atoms with Gasteiger partial charge in [-0.25, -0.2) is 4.39 Å². The molecule has 0 spiro atoms. The van der Waals surface area contributed by atoms with Crippen LogP contribution in [0.5, 0.6) is 0 Å². The van der Waals surface area contributed by atoms with Crippen LogP contribution in [-0.2, 0) is 19.7 Å². The Morgan fingerprint density at radius 2 is 1.90 bits per heavy atom. The van der Waals surface area contributed by atoms with Crippen molar-refractivity contribution >= 4 is 11.9 Å². The minimum Gasteiger partial charge on any atom is -0.466 e. The van der Waals surface area contributed by atoms with E-state index in [1.54, 1.807) is 19.1 Å². The number of carbonyl (C=O) groups excluding carboxylic acids is 2. The third-order valence-corrected chi connectivity index (χ3v) is 3.80. The van der Waals surface area contributed by atoms with Crippen LogP contribution in [0.25, 0.3) is 0 Å². The lowest BCUT2D eigenvalue weighted by Crippen LogP contribution is -2.32. The van der Waals surface area contributed by atoms with Crippen LogP contribution in [0.1, 0.15) is 38.2 Å². The molecule has 5 heteroatoms. The van der Waals surface area contributed by atoms with Crippen molar-refractivity contribution in [1.29, 1.82) is 0 Å². The highest BCUT2D eigenvalue weighted by molar-refractivity contribution is 5.81. The Morgan fingerprint density at radius 1 is 1.24 bits per heavy atom. The molecule has 1 fully saturated rings. The van der Waals surface area contributed by atoms with Gasteiger partial charge in [0.25, 0.3) is 0 Å². The lowest BCUT2D eigenvalue weighted by Gasteiger charge is -2.16. The van der Waals surface area contributed by atoms with E-state index in [1.807, 2.05) is 0 Å². The van der Waals surface area contributed by atoms with E-state index in [1.165, 1.54) is 12.1 Å². The van der Waals surface area contributed by atoms with Crippen LogP contribution in [0, 0.1) is 5.82 Å². The maximum absolute atomic E-state index is 12.9. The van der Waals surface area contributed by atoms with Crippen molar-refractivity contribution < 1.29 is 18.7 Å². The van der Waals surface area contributed by atoms with E-state index in [0.29, 0.717) is 13.2 Å². The number of halogens is 1. The number of rotatable bonds is 7. The van der Waals surface area contributed by atoms with E-state index in [0.717, 1.165) is 18.4 Å². The molecule has 1 aromatic rings. The van der Waals surface area contributed by atoms with Crippen molar-refractivity contribution in [3.8, 4) is 0 Å². The summed E-state index contributed by atoms with van der Waals surface area (Å²) in [5.41, 5.74) is 0.988. The predicted octanol–water partition coefficient (Wildman–Crippen LogP) is 2.32. The van der Waals surface area contributed by atoms with Crippen LogP contribution in [0.15, 0.2) is 24.3 Å². The molecule has 4 nitrogen and oxygen atoms in total. The standard InChI is InChI=1S/C16H20FNO3/c1-2-21-15(20)8-7-14(19)18-11-16(9-10-16)12-3-5-13(17)6-4-12/h3-6H,2,7-11H2,1H3,(H,18,19). The van der Waals surface area contributed by atoms with Crippen LogP contribution in [0.3, 0.4) is 0 Å². The third-order valence-electron chi connectivity index (χ3n) is 3.80. The number of ether oxygens (including phenoxy) is 1. The molecule has 0 aliphatic heterocycles. The first-order chi connectivity index (χ1) is 10.1. The Balaban J connectivity index is 1.78. The summed E-state index contributed by atoms with van der Waals surface area (Å²) in [5, 5.41) is 2.86. The normalized spacial score (nSPS) is 15.3. The quantitative estimate of drug-likeness (QED) is 0.785. The number of hydrogen-bond donors (Lipinski definition) is 1. The minimum atomic E-state index is -0.354. The van der Waals surface area contributed by atoms with Gasteiger partial charge in [0.1, 0.15) is 5.82 Å². The number of esters is 1. The van der Waals surface area contributed by atoms with E-state index in [-0.39, 0.29) is 36.0 Å². The van der Waals surface area contributed by atoms with Gasteiger partial charge in [0, 0.05) is 18.4 Å². The maximum atomic E-state index is 12.9. The minimum absolute atomic E-state index is 0.0622. The first kappa shape index (κ1) is 15.5. The molecule has 0 heterocycles. The fraction of sp³-hybridized carbons (Fsp3) is 0.500. The Bertz CT molecular complexity index is 509. The van der Waals surface area contributed by atoms with Crippen LogP contribution in [-0.4, -0.2) is 25.0 Å². The van der Waals surface area contributed by atoms with Crippen LogP contribution >= 0.6 is 0 Å². The molecule has 0 atom stereocenters. The molecule has 0 unspecified atom stereocenters. The third kappa shape index (κ3) is 4.28. The predicted molar refractivity (Wildman–Crippen MR) is 76.2 cm³/mol. The van der Waals surface area contributed by atoms with Crippen molar-refractivity contribution in [2.75, 3.05) is 13.2 Å². The van der Waals surface area contributed by atoms with Crippen molar-refractivity contribution in [3.63, 3.8) is 0 Å². The van der Waals surface area contributed by atoms with Gasteiger partial charge in [0.2, 0.25) is 5.91 Å². The van der Waals surface area contributed by atoms with Gasteiger partial charge >= 0.3 is 5.97 Å². The van der Waals surface area contributed by atoms with E-state index >= 15 is 0 Å². The molecular weight excluding hydrogens is 273 g/mol. The molecule has 1 aliphatic carbocycles. The second-order valence-corrected chi connectivity index (χ2v) is 5.37. The van der Waals surface area contributed by atoms with Crippen LogP contribution in [0.2, 0.25) is 0 Å². The zero-order chi connectivity index (χ0) is 15.3. The Hall–Kier alpha value is -1.91. The molecule has 0 radical (unpaired) electrons. The summed E-state index contributed by atoms with van der Waals surface area (Å²) in [4.78, 5) is 22.9. The van der Waals surface area contributed by atoms with Crippen molar-refractivity contribution in [2.45, 2.75) is 38.0 Å². The maximum Gasteiger partial charge on any atom is 0.306 e. The Labute approximate surface area is 123 Å². The molecule has 1 aliphatic rings. The van der Waals surface area contributed by atoms with E-state index in [2.05, 4.69) is 5.32 Å². The summed E-state index contributed by atoms with van der Waals surface area (Å²) in [5.74, 6) is -0.767. The topological polar surface area (TPSA) is 55.4 Å². The number of nitrogens with one attached hydrogen (secondary N) is 1. The molecule has 1 saturated carbocycles. The fourth-order valence-electron chi connectivity index (χ4n) is 2.33. The molecule has 114 valence electrons. The van der Waals surface area contributed by atoms with Gasteiger partial charge in [0.05, 0.1) is 13.0 Å². The summed E-state index contributed by atoms with van der Waals surface area (Å²) in [7, 11) is 0. The molecule has 0 saturated heterocycles. The monoisotopic (exact) mass is 293 g/mol. The van der Waals surface area contributed by atoms with Crippen molar-refractivity contribution in [2.24, 2.45) is 0 Å². The van der Waals surface area contributed by atoms with E-state index in [9.17, 15) is 14.0 Å². The largest absolute Gasteiger partial charge is 0.466 e. The summed E-state index contributed by atoms with van der Waals surface area (Å²) in [6, 6.07) is 6.43. The second kappa shape index (κ2) is 6.70. The van der Waals surface area contributed by atoms with Gasteiger partial charge < -0.3 is 10.1 Å². The van der Waals surface area contributed by atoms with Crippen molar-refractivity contribution in [3.05, 3.63) is 35.6 Å². The zero-order valence-electron chi connectivity index (χ0n) is 12.2. The number of benzene rings is 1. The van der Waals surface area contributed by atoms with Gasteiger partial charge in [0.15, 0.2) is 0 Å². The smallest absolute Gasteiger partial charge is 0.306 e. The van der Waals surface area contributed by atoms with E-state index in [4.69, 9.17) is 4.74 Å². The SMILES string of the molecule is CCOC(=O)CCC(=O)NCC1(c2ccc(F)cc2)CC1. The molecule has 1 N–H and O–H groups in total. The highest BCUT2D eigenvalue weighted by Gasteiger charge is 2.44. The average molecular weight is 293 g/mol. The number of carbonyl (C=O) groups is 2. The van der Waals surface area contributed by atoms with Gasteiger partial charge in [-0.15, -0.1) is 0 Å². The first-order valence-corrected chi connectivity index (χ1v) is 7.24. The van der Waals surface area contributed by atoms with Crippen LogP contribution < -0.4 is 5.32 Å². The molecule has 0 bridgehead atoms. The lowest BCUT2D eigenvalue weighted by molar-refractivity contribution is -0.144. The molecule has 21 heavy (non-hydrogen) atoms. The second-order valence-electron chi connectivity index (χ2n) is 5.37. The van der Waals surface area contributed by atoms with Gasteiger partial charge in [-0.1, -0.05) is 12.1 Å². The van der Waals surface area contributed by atoms with Crippen LogP contribution in [0.4, 0.5) is 4.39 Å². The Kier molecular flexibility index (Phi) is 4.94. The summed E-state index contributed by atoms with van der Waals surface area (Å²) in [6.45, 7) is 2.59. The molecular formula is C16H20FNO3. The van der Waals surface area contributed by atoms with Crippen molar-refractivity contribution in [1.82, 2.24) is 5.32 Å². The van der Waals surface area contributed by atoms with Gasteiger partial charge in [-0.2, -0.15) is 0 Å². The summed E-state index contributed by atoms with van der Waals surface area (Å²) < 4.78 is 17.7. The number of hydrogen-bond acceptors (Lipinski definition) is 3. The molecule has 1 aromatic carbocycles. The summed E-state index contributed by atoms with van der Waals surface area (Å²) in [6.07, 6.45) is 2.20. The average Bonchev–Trinajstić information content (AvgIpc) is 3.25.